The van der Waals surface area contributed by atoms with Crippen molar-refractivity contribution in [3.8, 4) is 0 Å². The zero-order chi connectivity index (χ0) is 13.3. The predicted molar refractivity (Wildman–Crippen MR) is 67.8 cm³/mol. The van der Waals surface area contributed by atoms with E-state index in [0.717, 1.165) is 12.8 Å². The first kappa shape index (κ1) is 16.2. The molecule has 0 aromatic carbocycles. The molecule has 0 spiro atoms. The summed E-state index contributed by atoms with van der Waals surface area (Å²) in [6.07, 6.45) is 2.00. The summed E-state index contributed by atoms with van der Waals surface area (Å²) in [5.41, 5.74) is 4.93. The van der Waals surface area contributed by atoms with Gasteiger partial charge in [0.2, 0.25) is 0 Å². The summed E-state index contributed by atoms with van der Waals surface area (Å²) in [4.78, 5) is 13.5. The summed E-state index contributed by atoms with van der Waals surface area (Å²) in [5, 5.41) is 8.80. The van der Waals surface area contributed by atoms with Crippen LogP contribution in [0.2, 0.25) is 0 Å². The average Bonchev–Trinajstić information content (AvgIpc) is 2.20. The van der Waals surface area contributed by atoms with E-state index in [1.165, 1.54) is 0 Å². The van der Waals surface area contributed by atoms with Crippen molar-refractivity contribution in [2.24, 2.45) is 5.73 Å². The first-order valence-corrected chi connectivity index (χ1v) is 6.19. The molecule has 0 aromatic rings. The fourth-order valence-corrected chi connectivity index (χ4v) is 1.33. The fourth-order valence-electron chi connectivity index (χ4n) is 1.33. The van der Waals surface area contributed by atoms with Crippen LogP contribution in [0.5, 0.6) is 0 Å². The number of rotatable bonds is 7. The summed E-state index contributed by atoms with van der Waals surface area (Å²) in [6.45, 7) is 7.39. The first-order chi connectivity index (χ1) is 7.90. The van der Waals surface area contributed by atoms with E-state index in [1.807, 2.05) is 20.8 Å². The maximum atomic E-state index is 11.8. The van der Waals surface area contributed by atoms with Gasteiger partial charge >= 0.3 is 6.09 Å². The summed E-state index contributed by atoms with van der Waals surface area (Å²) < 4.78 is 5.30. The Morgan fingerprint density at radius 1 is 1.24 bits per heavy atom. The SMILES string of the molecule is CC(C)(C)OC(=O)N(CCCO)CCCCN. The van der Waals surface area contributed by atoms with Gasteiger partial charge in [0.1, 0.15) is 5.60 Å². The lowest BCUT2D eigenvalue weighted by Gasteiger charge is -2.27. The highest BCUT2D eigenvalue weighted by Gasteiger charge is 2.21. The minimum Gasteiger partial charge on any atom is -0.444 e. The van der Waals surface area contributed by atoms with Gasteiger partial charge in [0.05, 0.1) is 0 Å². The second-order valence-electron chi connectivity index (χ2n) is 5.04. The van der Waals surface area contributed by atoms with Crippen molar-refractivity contribution >= 4 is 6.09 Å². The fraction of sp³-hybridized carbons (Fsp3) is 0.917. The first-order valence-electron chi connectivity index (χ1n) is 6.19. The number of ether oxygens (including phenoxy) is 1. The molecule has 0 aliphatic heterocycles. The number of nitrogens with zero attached hydrogens (tertiary/aromatic N) is 1. The van der Waals surface area contributed by atoms with E-state index in [4.69, 9.17) is 15.6 Å². The van der Waals surface area contributed by atoms with Crippen molar-refractivity contribution < 1.29 is 14.6 Å². The van der Waals surface area contributed by atoms with Crippen LogP contribution in [0.25, 0.3) is 0 Å². The predicted octanol–water partition coefficient (Wildman–Crippen LogP) is 1.34. The Morgan fingerprint density at radius 3 is 2.29 bits per heavy atom. The van der Waals surface area contributed by atoms with Crippen LogP contribution in [0, 0.1) is 0 Å². The van der Waals surface area contributed by atoms with Crippen molar-refractivity contribution in [1.29, 1.82) is 0 Å². The monoisotopic (exact) mass is 246 g/mol. The molecule has 5 heteroatoms. The number of hydrogen-bond donors (Lipinski definition) is 2. The maximum Gasteiger partial charge on any atom is 0.410 e. The lowest BCUT2D eigenvalue weighted by molar-refractivity contribution is 0.0238. The van der Waals surface area contributed by atoms with E-state index in [-0.39, 0.29) is 12.7 Å². The summed E-state index contributed by atoms with van der Waals surface area (Å²) in [5.74, 6) is 0. The summed E-state index contributed by atoms with van der Waals surface area (Å²) in [6, 6.07) is 0. The summed E-state index contributed by atoms with van der Waals surface area (Å²) in [7, 11) is 0. The number of hydrogen-bond acceptors (Lipinski definition) is 4. The molecule has 0 aliphatic rings. The zero-order valence-corrected chi connectivity index (χ0v) is 11.2. The highest BCUT2D eigenvalue weighted by Crippen LogP contribution is 2.10. The number of carbonyl (C=O) groups excluding carboxylic acids is 1. The summed E-state index contributed by atoms with van der Waals surface area (Å²) >= 11 is 0. The van der Waals surface area contributed by atoms with E-state index >= 15 is 0 Å². The van der Waals surface area contributed by atoms with Gasteiger partial charge in [-0.15, -0.1) is 0 Å². The van der Waals surface area contributed by atoms with Crippen LogP contribution < -0.4 is 5.73 Å². The topological polar surface area (TPSA) is 75.8 Å². The van der Waals surface area contributed by atoms with Gasteiger partial charge in [-0.25, -0.2) is 4.79 Å². The highest BCUT2D eigenvalue weighted by molar-refractivity contribution is 5.68. The van der Waals surface area contributed by atoms with E-state index in [1.54, 1.807) is 4.90 Å². The van der Waals surface area contributed by atoms with E-state index in [2.05, 4.69) is 0 Å². The minimum atomic E-state index is -0.484. The molecule has 0 saturated carbocycles. The zero-order valence-electron chi connectivity index (χ0n) is 11.2. The second-order valence-corrected chi connectivity index (χ2v) is 5.04. The number of unbranched alkanes of at least 4 members (excludes halogenated alkanes) is 1. The van der Waals surface area contributed by atoms with Crippen molar-refractivity contribution in [3.63, 3.8) is 0 Å². The van der Waals surface area contributed by atoms with Crippen molar-refractivity contribution in [3.05, 3.63) is 0 Å². The van der Waals surface area contributed by atoms with Gasteiger partial charge in [0.15, 0.2) is 0 Å². The molecule has 5 nitrogen and oxygen atoms in total. The van der Waals surface area contributed by atoms with Crippen LogP contribution in [0.4, 0.5) is 4.79 Å². The number of aliphatic hydroxyl groups excluding tert-OH is 1. The highest BCUT2D eigenvalue weighted by atomic mass is 16.6. The van der Waals surface area contributed by atoms with Crippen LogP contribution in [-0.2, 0) is 4.74 Å². The molecule has 0 atom stereocenters. The quantitative estimate of drug-likeness (QED) is 0.665. The van der Waals surface area contributed by atoms with Crippen LogP contribution in [-0.4, -0.2) is 47.9 Å². The van der Waals surface area contributed by atoms with Crippen LogP contribution in [0.3, 0.4) is 0 Å². The van der Waals surface area contributed by atoms with Gasteiger partial charge in [0.25, 0.3) is 0 Å². The smallest absolute Gasteiger partial charge is 0.410 e. The van der Waals surface area contributed by atoms with Crippen molar-refractivity contribution in [2.45, 2.75) is 45.6 Å². The third kappa shape index (κ3) is 8.94. The van der Waals surface area contributed by atoms with Crippen molar-refractivity contribution in [2.75, 3.05) is 26.2 Å². The standard InChI is InChI=1S/C12H26N2O3/c1-12(2,3)17-11(16)14(9-6-10-15)8-5-4-7-13/h15H,4-10,13H2,1-3H3. The maximum absolute atomic E-state index is 11.8. The molecule has 0 aliphatic carbocycles. The molecule has 0 radical (unpaired) electrons. The molecule has 3 N–H and O–H groups in total. The lowest BCUT2D eigenvalue weighted by atomic mass is 10.2. The Hall–Kier alpha value is -0.810. The third-order valence-corrected chi connectivity index (χ3v) is 2.12. The van der Waals surface area contributed by atoms with Gasteiger partial charge in [0, 0.05) is 19.7 Å². The van der Waals surface area contributed by atoms with Crippen LogP contribution in [0.15, 0.2) is 0 Å². The Kier molecular flexibility index (Phi) is 7.91. The van der Waals surface area contributed by atoms with Gasteiger partial charge < -0.3 is 20.5 Å². The average molecular weight is 246 g/mol. The lowest BCUT2D eigenvalue weighted by Crippen LogP contribution is -2.38. The molecule has 0 unspecified atom stereocenters. The van der Waals surface area contributed by atoms with Gasteiger partial charge in [-0.3, -0.25) is 0 Å². The Morgan fingerprint density at radius 2 is 1.82 bits per heavy atom. The molecule has 102 valence electrons. The van der Waals surface area contributed by atoms with Gasteiger partial charge in [-0.05, 0) is 46.6 Å². The molecular weight excluding hydrogens is 220 g/mol. The normalized spacial score (nSPS) is 11.4. The molecule has 0 heterocycles. The Balaban J connectivity index is 4.19. The van der Waals surface area contributed by atoms with Crippen molar-refractivity contribution in [1.82, 2.24) is 4.90 Å². The molecular formula is C12H26N2O3. The van der Waals surface area contributed by atoms with E-state index < -0.39 is 5.60 Å². The number of nitrogens with two attached hydrogens (primary N) is 1. The molecule has 0 rings (SSSR count). The number of carbonyl (C=O) groups is 1. The van der Waals surface area contributed by atoms with Crippen LogP contribution in [0.1, 0.15) is 40.0 Å². The molecule has 0 saturated heterocycles. The Labute approximate surface area is 104 Å². The van der Waals surface area contributed by atoms with Gasteiger partial charge in [-0.2, -0.15) is 0 Å². The van der Waals surface area contributed by atoms with Gasteiger partial charge in [-0.1, -0.05) is 0 Å². The minimum absolute atomic E-state index is 0.0796. The molecule has 17 heavy (non-hydrogen) atoms. The van der Waals surface area contributed by atoms with E-state index in [9.17, 15) is 4.79 Å². The van der Waals surface area contributed by atoms with Crippen LogP contribution >= 0.6 is 0 Å². The van der Waals surface area contributed by atoms with E-state index in [0.29, 0.717) is 26.1 Å². The molecule has 1 amide bonds. The largest absolute Gasteiger partial charge is 0.444 e. The molecule has 0 fully saturated rings. The third-order valence-electron chi connectivity index (χ3n) is 2.12. The second kappa shape index (κ2) is 8.31. The molecule has 0 aromatic heterocycles. The number of aliphatic hydroxyl groups is 1. The Bertz CT molecular complexity index is 214. The molecule has 0 bridgehead atoms. The number of amides is 1.